The van der Waals surface area contributed by atoms with Crippen molar-refractivity contribution < 1.29 is 18.6 Å². The molecule has 1 aromatic carbocycles. The van der Waals surface area contributed by atoms with Gasteiger partial charge in [-0.3, -0.25) is 4.57 Å². The molecule has 0 aliphatic heterocycles. The van der Waals surface area contributed by atoms with Crippen molar-refractivity contribution in [2.75, 3.05) is 5.32 Å². The summed E-state index contributed by atoms with van der Waals surface area (Å²) in [5.74, 6) is 0.397. The van der Waals surface area contributed by atoms with Gasteiger partial charge in [0, 0.05) is 12.1 Å². The Kier molecular flexibility index (Phi) is 5.61. The summed E-state index contributed by atoms with van der Waals surface area (Å²) in [4.78, 5) is 12.9. The Bertz CT molecular complexity index is 1460. The third-order valence-corrected chi connectivity index (χ3v) is 6.88. The largest absolute Gasteiger partial charge is 0.436 e. The molecule has 0 amide bonds. The first-order valence-corrected chi connectivity index (χ1v) is 11.5. The number of benzene rings is 1. The summed E-state index contributed by atoms with van der Waals surface area (Å²) < 4.78 is 35.0. The van der Waals surface area contributed by atoms with E-state index in [0.717, 1.165) is 12.0 Å². The summed E-state index contributed by atoms with van der Waals surface area (Å²) in [7, 11) is 0. The molecule has 2 fully saturated rings. The number of aryl methyl sites for hydroxylation is 2. The molecule has 0 spiro atoms. The van der Waals surface area contributed by atoms with Gasteiger partial charge in [0.2, 0.25) is 5.95 Å². The van der Waals surface area contributed by atoms with Crippen molar-refractivity contribution in [3.05, 3.63) is 40.7 Å². The highest BCUT2D eigenvalue weighted by atomic mass is 19.3. The van der Waals surface area contributed by atoms with Gasteiger partial charge in [-0.2, -0.15) is 29.3 Å². The van der Waals surface area contributed by atoms with Crippen LogP contribution in [0.2, 0.25) is 0 Å². The summed E-state index contributed by atoms with van der Waals surface area (Å²) in [6, 6.07) is 7.91. The molecule has 2 aromatic heterocycles. The molecule has 2 N–H and O–H groups in total. The normalized spacial score (nSPS) is 23.1. The van der Waals surface area contributed by atoms with Gasteiger partial charge < -0.3 is 15.2 Å². The minimum Gasteiger partial charge on any atom is -0.436 e. The number of fused-ring (bicyclic) bond motifs is 2. The quantitative estimate of drug-likeness (QED) is 0.444. The molecule has 2 aliphatic rings. The molecule has 3 unspecified atom stereocenters. The van der Waals surface area contributed by atoms with E-state index in [9.17, 15) is 19.1 Å². The van der Waals surface area contributed by atoms with E-state index in [-0.39, 0.29) is 46.2 Å². The molecule has 0 saturated heterocycles. The fourth-order valence-electron chi connectivity index (χ4n) is 5.05. The number of aliphatic hydroxyl groups excluding tert-OH is 1. The van der Waals surface area contributed by atoms with Crippen LogP contribution < -0.4 is 10.1 Å². The topological polar surface area (TPSA) is 133 Å². The first-order valence-electron chi connectivity index (χ1n) is 11.5. The number of nitriles is 2. The molecule has 36 heavy (non-hydrogen) atoms. The minimum absolute atomic E-state index is 0.00181. The molecule has 5 rings (SSSR count). The van der Waals surface area contributed by atoms with Gasteiger partial charge in [0.1, 0.15) is 17.7 Å². The number of rotatable bonds is 7. The Balaban J connectivity index is 1.60. The Morgan fingerprint density at radius 3 is 2.50 bits per heavy atom. The predicted molar refractivity (Wildman–Crippen MR) is 126 cm³/mol. The molecule has 4 atom stereocenters. The van der Waals surface area contributed by atoms with E-state index in [4.69, 9.17) is 10.00 Å². The number of hydrogen-bond acceptors (Lipinski definition) is 8. The van der Waals surface area contributed by atoms with Crippen LogP contribution >= 0.6 is 0 Å². The van der Waals surface area contributed by atoms with E-state index in [2.05, 4.69) is 26.3 Å². The van der Waals surface area contributed by atoms with Gasteiger partial charge in [0.05, 0.1) is 17.6 Å². The van der Waals surface area contributed by atoms with Crippen LogP contribution in [0, 0.1) is 47.8 Å². The Labute approximate surface area is 205 Å². The maximum absolute atomic E-state index is 14.1. The molecule has 9 nitrogen and oxygen atoms in total. The van der Waals surface area contributed by atoms with Gasteiger partial charge in [0.25, 0.3) is 5.88 Å². The minimum atomic E-state index is -3.01. The summed E-state index contributed by atoms with van der Waals surface area (Å²) in [5.41, 5.74) is 1.77. The van der Waals surface area contributed by atoms with Crippen LogP contribution in [0.1, 0.15) is 54.9 Å². The van der Waals surface area contributed by atoms with Crippen LogP contribution in [0.3, 0.4) is 0 Å². The summed E-state index contributed by atoms with van der Waals surface area (Å²) in [5, 5.41) is 31.4. The van der Waals surface area contributed by atoms with Crippen molar-refractivity contribution in [1.29, 1.82) is 10.5 Å². The van der Waals surface area contributed by atoms with E-state index in [0.29, 0.717) is 27.9 Å². The van der Waals surface area contributed by atoms with Crippen LogP contribution in [0.25, 0.3) is 17.2 Å². The first-order chi connectivity index (χ1) is 17.2. The van der Waals surface area contributed by atoms with Crippen molar-refractivity contribution in [1.82, 2.24) is 19.5 Å². The van der Waals surface area contributed by atoms with Crippen LogP contribution in [0.4, 0.5) is 14.7 Å². The maximum Gasteiger partial charge on any atom is 0.320 e. The third kappa shape index (κ3) is 3.82. The van der Waals surface area contributed by atoms with Gasteiger partial charge in [-0.1, -0.05) is 0 Å². The molecule has 0 bridgehead atoms. The third-order valence-electron chi connectivity index (χ3n) is 6.88. The lowest BCUT2D eigenvalue weighted by molar-refractivity contribution is 0.0602. The van der Waals surface area contributed by atoms with E-state index in [1.807, 2.05) is 18.2 Å². The summed E-state index contributed by atoms with van der Waals surface area (Å²) in [6.07, 6.45) is 3.21. The van der Waals surface area contributed by atoms with Gasteiger partial charge in [0.15, 0.2) is 11.2 Å². The van der Waals surface area contributed by atoms with Gasteiger partial charge in [-0.15, -0.1) is 0 Å². The molecule has 184 valence electrons. The van der Waals surface area contributed by atoms with Crippen molar-refractivity contribution >= 4 is 23.2 Å². The molecular weight excluding hydrogens is 468 g/mol. The smallest absolute Gasteiger partial charge is 0.320 e. The fourth-order valence-corrected chi connectivity index (χ4v) is 5.05. The second-order valence-corrected chi connectivity index (χ2v) is 9.40. The molecule has 11 heteroatoms. The Morgan fingerprint density at radius 2 is 1.94 bits per heavy atom. The van der Waals surface area contributed by atoms with Crippen LogP contribution in [-0.2, 0) is 0 Å². The maximum atomic E-state index is 14.1. The van der Waals surface area contributed by atoms with Gasteiger partial charge in [-0.05, 0) is 74.4 Å². The molecule has 2 heterocycles. The number of aliphatic hydroxyl groups is 1. The SMILES string of the molecule is Cc1cc(/C=C/C#N)cc(C)c1Oc1nc(NC2CC3(C#N)CC23)nc2nc([C@@H](C)O)n(C(F)F)c12. The van der Waals surface area contributed by atoms with Crippen LogP contribution in [-0.4, -0.2) is 30.7 Å². The van der Waals surface area contributed by atoms with Crippen molar-refractivity contribution in [2.45, 2.75) is 52.3 Å². The Hall–Kier alpha value is -4.09. The van der Waals surface area contributed by atoms with E-state index in [1.165, 1.54) is 13.0 Å². The number of aromatic nitrogens is 4. The highest BCUT2D eigenvalue weighted by Gasteiger charge is 2.68. The van der Waals surface area contributed by atoms with Crippen LogP contribution in [0.15, 0.2) is 18.2 Å². The number of anilines is 1. The van der Waals surface area contributed by atoms with E-state index in [1.54, 1.807) is 19.9 Å². The van der Waals surface area contributed by atoms with Crippen molar-refractivity contribution in [2.24, 2.45) is 11.3 Å². The second kappa shape index (κ2) is 8.54. The highest BCUT2D eigenvalue weighted by Crippen LogP contribution is 2.67. The van der Waals surface area contributed by atoms with Crippen molar-refractivity contribution in [3.63, 3.8) is 0 Å². The molecule has 2 saturated carbocycles. The zero-order valence-electron chi connectivity index (χ0n) is 19.8. The molecule has 2 aliphatic carbocycles. The Morgan fingerprint density at radius 1 is 1.22 bits per heavy atom. The number of alkyl halides is 2. The van der Waals surface area contributed by atoms with Crippen LogP contribution in [0.5, 0.6) is 11.6 Å². The fraction of sp³-hybridized carbons (Fsp3) is 0.400. The van der Waals surface area contributed by atoms with E-state index >= 15 is 0 Å². The second-order valence-electron chi connectivity index (χ2n) is 9.40. The average molecular weight is 492 g/mol. The first kappa shape index (κ1) is 23.6. The number of halogens is 2. The van der Waals surface area contributed by atoms with Crippen molar-refractivity contribution in [3.8, 4) is 23.8 Å². The summed E-state index contributed by atoms with van der Waals surface area (Å²) in [6.45, 7) is 1.94. The monoisotopic (exact) mass is 491 g/mol. The number of hydrogen-bond donors (Lipinski definition) is 2. The van der Waals surface area contributed by atoms with Gasteiger partial charge >= 0.3 is 6.55 Å². The number of ether oxygens (including phenoxy) is 1. The lowest BCUT2D eigenvalue weighted by Crippen LogP contribution is -2.37. The zero-order valence-corrected chi connectivity index (χ0v) is 19.8. The number of nitrogens with zero attached hydrogens (tertiary/aromatic N) is 6. The van der Waals surface area contributed by atoms with E-state index < -0.39 is 12.7 Å². The number of imidazole rings is 1. The lowest BCUT2D eigenvalue weighted by atomic mass is 9.81. The lowest BCUT2D eigenvalue weighted by Gasteiger charge is -2.30. The van der Waals surface area contributed by atoms with Gasteiger partial charge in [-0.25, -0.2) is 4.98 Å². The zero-order chi connectivity index (χ0) is 25.8. The summed E-state index contributed by atoms with van der Waals surface area (Å²) >= 11 is 0. The highest BCUT2D eigenvalue weighted by molar-refractivity contribution is 5.79. The number of nitrogens with one attached hydrogen (secondary N) is 1. The molecule has 0 radical (unpaired) electrons. The number of allylic oxidation sites excluding steroid dienone is 1. The molecular formula is C25H23F2N7O2. The predicted octanol–water partition coefficient (Wildman–Crippen LogP) is 4.93. The average Bonchev–Trinajstić information content (AvgIpc) is 3.22. The molecule has 3 aromatic rings. The standard InChI is InChI=1S/C25H23F2N7O2/c1-12-7-15(5-4-6-28)8-13(2)19(12)36-22-18-20(31-21(14(3)35)34(18)23(26)27)32-24(33-22)30-17-10-25(11-29)9-16(17)25/h4-5,7-8,14,16-17,23,35H,9-10H2,1-3H3,(H,30,32,33)/b5-4+/t14-,16?,17?,25?/m1/s1.